The van der Waals surface area contributed by atoms with E-state index >= 15 is 0 Å². The van der Waals surface area contributed by atoms with Crippen molar-refractivity contribution in [3.05, 3.63) is 76.8 Å². The van der Waals surface area contributed by atoms with Crippen molar-refractivity contribution in [1.82, 2.24) is 4.98 Å². The van der Waals surface area contributed by atoms with Gasteiger partial charge in [0.2, 0.25) is 5.89 Å². The Labute approximate surface area is 166 Å². The van der Waals surface area contributed by atoms with Crippen LogP contribution >= 0.6 is 11.6 Å². The predicted octanol–water partition coefficient (Wildman–Crippen LogP) is 5.72. The molecule has 1 N–H and O–H groups in total. The van der Waals surface area contributed by atoms with Gasteiger partial charge in [-0.1, -0.05) is 17.7 Å². The Morgan fingerprint density at radius 3 is 2.57 bits per heavy atom. The van der Waals surface area contributed by atoms with E-state index < -0.39 is 0 Å². The number of methoxy groups -OCH3 is 1. The number of hydrogen-bond donors (Lipinski definition) is 1. The number of aryl methyl sites for hydroxylation is 1. The molecular formula is C22H17ClN2O3. The van der Waals surface area contributed by atoms with Gasteiger partial charge < -0.3 is 14.5 Å². The van der Waals surface area contributed by atoms with Crippen molar-refractivity contribution in [2.45, 2.75) is 6.92 Å². The second kappa shape index (κ2) is 7.37. The Bertz CT molecular complexity index is 1170. The van der Waals surface area contributed by atoms with Crippen LogP contribution in [0.5, 0.6) is 5.75 Å². The Balaban J connectivity index is 1.53. The van der Waals surface area contributed by atoms with Gasteiger partial charge in [-0.15, -0.1) is 0 Å². The van der Waals surface area contributed by atoms with E-state index in [4.69, 9.17) is 20.8 Å². The molecule has 0 aliphatic carbocycles. The summed E-state index contributed by atoms with van der Waals surface area (Å²) in [6.45, 7) is 1.89. The highest BCUT2D eigenvalue weighted by atomic mass is 35.5. The molecule has 140 valence electrons. The number of rotatable bonds is 4. The second-order valence-corrected chi connectivity index (χ2v) is 6.76. The summed E-state index contributed by atoms with van der Waals surface area (Å²) in [5, 5.41) is 3.43. The highest BCUT2D eigenvalue weighted by molar-refractivity contribution is 6.31. The molecule has 1 heterocycles. The van der Waals surface area contributed by atoms with Gasteiger partial charge in [-0.25, -0.2) is 4.98 Å². The molecule has 0 saturated carbocycles. The van der Waals surface area contributed by atoms with E-state index in [0.29, 0.717) is 27.7 Å². The molecule has 0 aliphatic heterocycles. The first-order chi connectivity index (χ1) is 13.5. The smallest absolute Gasteiger partial charge is 0.255 e. The van der Waals surface area contributed by atoms with Crippen LogP contribution in [0.2, 0.25) is 5.02 Å². The summed E-state index contributed by atoms with van der Waals surface area (Å²) < 4.78 is 11.0. The van der Waals surface area contributed by atoms with Crippen molar-refractivity contribution in [2.75, 3.05) is 12.4 Å². The molecule has 0 spiro atoms. The number of carbonyl (C=O) groups excluding carboxylic acids is 1. The second-order valence-electron chi connectivity index (χ2n) is 6.35. The molecule has 0 fully saturated rings. The number of nitrogens with one attached hydrogen (secondary N) is 1. The van der Waals surface area contributed by atoms with Gasteiger partial charge in [-0.3, -0.25) is 4.79 Å². The molecule has 0 bridgehead atoms. The number of ether oxygens (including phenoxy) is 1. The number of aromatic nitrogens is 1. The predicted molar refractivity (Wildman–Crippen MR) is 110 cm³/mol. The lowest BCUT2D eigenvalue weighted by Crippen LogP contribution is -2.11. The summed E-state index contributed by atoms with van der Waals surface area (Å²) in [6, 6.07) is 18.0. The van der Waals surface area contributed by atoms with Gasteiger partial charge in [0.15, 0.2) is 5.58 Å². The summed E-state index contributed by atoms with van der Waals surface area (Å²) >= 11 is 6.10. The fourth-order valence-corrected chi connectivity index (χ4v) is 2.97. The maximum absolute atomic E-state index is 12.4. The molecule has 28 heavy (non-hydrogen) atoms. The van der Waals surface area contributed by atoms with Crippen LogP contribution in [-0.4, -0.2) is 18.0 Å². The minimum absolute atomic E-state index is 0.219. The average molecular weight is 393 g/mol. The van der Waals surface area contributed by atoms with Crippen molar-refractivity contribution in [1.29, 1.82) is 0 Å². The summed E-state index contributed by atoms with van der Waals surface area (Å²) in [4.78, 5) is 16.9. The van der Waals surface area contributed by atoms with Crippen LogP contribution in [0, 0.1) is 6.92 Å². The number of carbonyl (C=O) groups is 1. The normalized spacial score (nSPS) is 10.8. The van der Waals surface area contributed by atoms with E-state index in [9.17, 15) is 4.79 Å². The molecule has 3 aromatic carbocycles. The summed E-state index contributed by atoms with van der Waals surface area (Å²) in [7, 11) is 1.61. The third-order valence-corrected chi connectivity index (χ3v) is 4.83. The quantitative estimate of drug-likeness (QED) is 0.482. The van der Waals surface area contributed by atoms with Crippen LogP contribution in [0.1, 0.15) is 15.9 Å². The molecular weight excluding hydrogens is 376 g/mol. The topological polar surface area (TPSA) is 64.4 Å². The summed E-state index contributed by atoms with van der Waals surface area (Å²) in [6.07, 6.45) is 0. The van der Waals surface area contributed by atoms with Crippen LogP contribution in [-0.2, 0) is 0 Å². The standard InChI is InChI=1S/C22H17ClN2O3/c1-13-3-4-15(11-18(13)23)21(26)24-16-7-5-14(6-8-16)22-25-19-12-17(27-2)9-10-20(19)28-22/h3-12H,1-2H3,(H,24,26). The molecule has 0 atom stereocenters. The zero-order valence-corrected chi connectivity index (χ0v) is 16.1. The number of benzene rings is 3. The van der Waals surface area contributed by atoms with Crippen LogP contribution in [0.4, 0.5) is 5.69 Å². The number of fused-ring (bicyclic) bond motifs is 1. The van der Waals surface area contributed by atoms with Crippen molar-refractivity contribution in [3.63, 3.8) is 0 Å². The van der Waals surface area contributed by atoms with Crippen molar-refractivity contribution in [2.24, 2.45) is 0 Å². The first kappa shape index (κ1) is 18.1. The molecule has 0 saturated heterocycles. The molecule has 6 heteroatoms. The number of amides is 1. The van der Waals surface area contributed by atoms with Gasteiger partial charge >= 0.3 is 0 Å². The van der Waals surface area contributed by atoms with Gasteiger partial charge in [0.05, 0.1) is 7.11 Å². The maximum atomic E-state index is 12.4. The van der Waals surface area contributed by atoms with Crippen molar-refractivity contribution >= 4 is 34.3 Å². The van der Waals surface area contributed by atoms with Crippen molar-refractivity contribution in [3.8, 4) is 17.2 Å². The number of nitrogens with zero attached hydrogens (tertiary/aromatic N) is 1. The maximum Gasteiger partial charge on any atom is 0.255 e. The number of oxazole rings is 1. The van der Waals surface area contributed by atoms with E-state index in [-0.39, 0.29) is 5.91 Å². The van der Waals surface area contributed by atoms with Crippen LogP contribution in [0.25, 0.3) is 22.6 Å². The first-order valence-corrected chi connectivity index (χ1v) is 9.04. The molecule has 1 amide bonds. The lowest BCUT2D eigenvalue weighted by molar-refractivity contribution is 0.102. The zero-order chi connectivity index (χ0) is 19.7. The Morgan fingerprint density at radius 1 is 1.07 bits per heavy atom. The summed E-state index contributed by atoms with van der Waals surface area (Å²) in [5.41, 5.74) is 4.33. The first-order valence-electron chi connectivity index (χ1n) is 8.66. The van der Waals surface area contributed by atoms with E-state index in [1.54, 1.807) is 31.4 Å². The van der Waals surface area contributed by atoms with Gasteiger partial charge in [-0.05, 0) is 61.0 Å². The van der Waals surface area contributed by atoms with Crippen LogP contribution in [0.15, 0.2) is 65.1 Å². The number of anilines is 1. The van der Waals surface area contributed by atoms with E-state index in [1.165, 1.54) is 0 Å². The molecule has 0 radical (unpaired) electrons. The SMILES string of the molecule is COc1ccc2oc(-c3ccc(NC(=O)c4ccc(C)c(Cl)c4)cc3)nc2c1. The third-order valence-electron chi connectivity index (χ3n) is 4.42. The summed E-state index contributed by atoms with van der Waals surface area (Å²) in [5.74, 6) is 1.01. The number of hydrogen-bond acceptors (Lipinski definition) is 4. The van der Waals surface area contributed by atoms with E-state index in [0.717, 1.165) is 22.4 Å². The monoisotopic (exact) mass is 392 g/mol. The highest BCUT2D eigenvalue weighted by Gasteiger charge is 2.11. The fourth-order valence-electron chi connectivity index (χ4n) is 2.79. The van der Waals surface area contributed by atoms with Gasteiger partial charge in [0.25, 0.3) is 5.91 Å². The largest absolute Gasteiger partial charge is 0.497 e. The van der Waals surface area contributed by atoms with Crippen LogP contribution < -0.4 is 10.1 Å². The molecule has 4 aromatic rings. The van der Waals surface area contributed by atoms with Gasteiger partial charge in [0.1, 0.15) is 11.3 Å². The lowest BCUT2D eigenvalue weighted by Gasteiger charge is -2.07. The fraction of sp³-hybridized carbons (Fsp3) is 0.0909. The Morgan fingerprint density at radius 2 is 1.86 bits per heavy atom. The minimum atomic E-state index is -0.219. The highest BCUT2D eigenvalue weighted by Crippen LogP contribution is 2.28. The zero-order valence-electron chi connectivity index (χ0n) is 15.3. The average Bonchev–Trinajstić information content (AvgIpc) is 3.13. The van der Waals surface area contributed by atoms with Crippen LogP contribution in [0.3, 0.4) is 0 Å². The van der Waals surface area contributed by atoms with Crippen molar-refractivity contribution < 1.29 is 13.9 Å². The minimum Gasteiger partial charge on any atom is -0.497 e. The Kier molecular flexibility index (Phi) is 4.75. The van der Waals surface area contributed by atoms with Gasteiger partial charge in [-0.2, -0.15) is 0 Å². The molecule has 0 unspecified atom stereocenters. The third kappa shape index (κ3) is 3.57. The van der Waals surface area contributed by atoms with Gasteiger partial charge in [0, 0.05) is 27.9 Å². The van der Waals surface area contributed by atoms with E-state index in [1.807, 2.05) is 43.3 Å². The van der Waals surface area contributed by atoms with E-state index in [2.05, 4.69) is 10.3 Å². The molecule has 4 rings (SSSR count). The molecule has 5 nitrogen and oxygen atoms in total. The Hall–Kier alpha value is -3.31. The lowest BCUT2D eigenvalue weighted by atomic mass is 10.1. The molecule has 1 aromatic heterocycles. The number of halogens is 1. The molecule has 0 aliphatic rings.